The molecule has 0 aromatic heterocycles. The second-order valence-electron chi connectivity index (χ2n) is 8.57. The van der Waals surface area contributed by atoms with Crippen LogP contribution in [-0.4, -0.2) is 55.0 Å². The van der Waals surface area contributed by atoms with E-state index in [1.165, 1.54) is 31.2 Å². The number of halogens is 1. The van der Waals surface area contributed by atoms with E-state index in [1.54, 1.807) is 7.11 Å². The summed E-state index contributed by atoms with van der Waals surface area (Å²) in [6, 6.07) is 16.7. The lowest BCUT2D eigenvalue weighted by Crippen LogP contribution is -2.42. The fraction of sp³-hybridized carbons (Fsp3) is 0.480. The predicted octanol–water partition coefficient (Wildman–Crippen LogP) is 4.27. The van der Waals surface area contributed by atoms with Crippen molar-refractivity contribution in [3.05, 3.63) is 64.7 Å². The van der Waals surface area contributed by atoms with E-state index in [9.17, 15) is 4.79 Å². The minimum absolute atomic E-state index is 0.0802. The molecule has 2 fully saturated rings. The maximum atomic E-state index is 12.9. The van der Waals surface area contributed by atoms with Gasteiger partial charge in [-0.15, -0.1) is 0 Å². The van der Waals surface area contributed by atoms with Crippen LogP contribution in [-0.2, 0) is 11.3 Å². The lowest BCUT2D eigenvalue weighted by atomic mass is 10.1. The van der Waals surface area contributed by atoms with Crippen LogP contribution in [0.1, 0.15) is 42.9 Å². The molecule has 1 amide bonds. The van der Waals surface area contributed by atoms with Gasteiger partial charge in [0.2, 0.25) is 5.91 Å². The van der Waals surface area contributed by atoms with E-state index >= 15 is 0 Å². The van der Waals surface area contributed by atoms with E-state index in [0.717, 1.165) is 36.0 Å². The number of rotatable bonds is 10. The molecule has 1 N–H and O–H groups in total. The van der Waals surface area contributed by atoms with Gasteiger partial charge in [0, 0.05) is 24.2 Å². The van der Waals surface area contributed by atoms with Gasteiger partial charge in [-0.05, 0) is 68.1 Å². The molecule has 0 radical (unpaired) electrons. The predicted molar refractivity (Wildman–Crippen MR) is 124 cm³/mol. The molecule has 0 bridgehead atoms. The van der Waals surface area contributed by atoms with Crippen LogP contribution >= 0.6 is 11.6 Å². The molecule has 166 valence electrons. The molecule has 2 aromatic carbocycles. The first-order valence-corrected chi connectivity index (χ1v) is 11.6. The summed E-state index contributed by atoms with van der Waals surface area (Å²) in [5, 5.41) is 3.97. The first-order valence-electron chi connectivity index (χ1n) is 11.3. The topological polar surface area (TPSA) is 44.8 Å². The zero-order chi connectivity index (χ0) is 21.6. The number of benzene rings is 2. The third-order valence-electron chi connectivity index (χ3n) is 6.29. The zero-order valence-electron chi connectivity index (χ0n) is 18.2. The summed E-state index contributed by atoms with van der Waals surface area (Å²) in [6.45, 7) is 3.90. The van der Waals surface area contributed by atoms with Gasteiger partial charge in [0.1, 0.15) is 5.75 Å². The summed E-state index contributed by atoms with van der Waals surface area (Å²) in [4.78, 5) is 17.6. The molecule has 5 nitrogen and oxygen atoms in total. The maximum Gasteiger partial charge on any atom is 0.234 e. The fourth-order valence-electron chi connectivity index (χ4n) is 4.40. The molecule has 1 atom stereocenters. The van der Waals surface area contributed by atoms with Gasteiger partial charge in [-0.25, -0.2) is 0 Å². The lowest BCUT2D eigenvalue weighted by molar-refractivity contribution is -0.122. The molecule has 1 heterocycles. The smallest absolute Gasteiger partial charge is 0.234 e. The number of carbonyl (C=O) groups is 1. The molecule has 2 aliphatic rings. The highest BCUT2D eigenvalue weighted by Gasteiger charge is 2.31. The van der Waals surface area contributed by atoms with Crippen molar-refractivity contribution in [3.8, 4) is 5.75 Å². The summed E-state index contributed by atoms with van der Waals surface area (Å²) in [6.07, 6.45) is 4.73. The van der Waals surface area contributed by atoms with Gasteiger partial charge in [-0.1, -0.05) is 41.9 Å². The SMILES string of the molecule is COc1ccc(CN(CC(=O)NCC(c2ccccc2Cl)N2CCCC2)C2CC2)cc1. The second kappa shape index (κ2) is 10.5. The van der Waals surface area contributed by atoms with Gasteiger partial charge >= 0.3 is 0 Å². The Hall–Kier alpha value is -2.08. The van der Waals surface area contributed by atoms with Gasteiger partial charge in [0.25, 0.3) is 0 Å². The molecule has 1 saturated carbocycles. The molecule has 0 spiro atoms. The van der Waals surface area contributed by atoms with E-state index < -0.39 is 0 Å². The van der Waals surface area contributed by atoms with E-state index in [4.69, 9.17) is 16.3 Å². The molecule has 31 heavy (non-hydrogen) atoms. The Morgan fingerprint density at radius 3 is 2.52 bits per heavy atom. The third-order valence-corrected chi connectivity index (χ3v) is 6.64. The van der Waals surface area contributed by atoms with Crippen LogP contribution in [0.5, 0.6) is 5.75 Å². The van der Waals surface area contributed by atoms with Gasteiger partial charge < -0.3 is 10.1 Å². The Labute approximate surface area is 190 Å². The van der Waals surface area contributed by atoms with Crippen molar-refractivity contribution >= 4 is 17.5 Å². The summed E-state index contributed by atoms with van der Waals surface area (Å²) in [5.41, 5.74) is 2.30. The quantitative estimate of drug-likeness (QED) is 0.598. The molecule has 1 aliphatic carbocycles. The highest BCUT2D eigenvalue weighted by Crippen LogP contribution is 2.30. The van der Waals surface area contributed by atoms with Crippen LogP contribution in [0.2, 0.25) is 5.02 Å². The number of nitrogens with one attached hydrogen (secondary N) is 1. The van der Waals surface area contributed by atoms with Crippen molar-refractivity contribution in [1.29, 1.82) is 0 Å². The largest absolute Gasteiger partial charge is 0.497 e. The Bertz CT molecular complexity index is 863. The first-order chi connectivity index (χ1) is 15.1. The van der Waals surface area contributed by atoms with Crippen LogP contribution in [0.3, 0.4) is 0 Å². The van der Waals surface area contributed by atoms with Gasteiger partial charge in [0.05, 0.1) is 19.7 Å². The highest BCUT2D eigenvalue weighted by molar-refractivity contribution is 6.31. The van der Waals surface area contributed by atoms with Crippen LogP contribution in [0.4, 0.5) is 0 Å². The number of carbonyl (C=O) groups excluding carboxylic acids is 1. The summed E-state index contributed by atoms with van der Waals surface area (Å²) >= 11 is 6.50. The molecule has 6 heteroatoms. The number of amides is 1. The number of likely N-dealkylation sites (tertiary alicyclic amines) is 1. The summed E-state index contributed by atoms with van der Waals surface area (Å²) < 4.78 is 5.25. The monoisotopic (exact) mass is 441 g/mol. The van der Waals surface area contributed by atoms with Gasteiger partial charge in [0.15, 0.2) is 0 Å². The normalized spacial score (nSPS) is 17.6. The van der Waals surface area contributed by atoms with Crippen molar-refractivity contribution in [2.75, 3.05) is 33.3 Å². The standard InChI is InChI=1S/C25H32ClN3O2/c1-31-21-12-8-19(9-13-21)17-29(20-10-11-20)18-25(30)27-16-24(28-14-4-5-15-28)22-6-2-3-7-23(22)26/h2-3,6-9,12-13,20,24H,4-5,10-11,14-18H2,1H3,(H,27,30). The maximum absolute atomic E-state index is 12.9. The van der Waals surface area contributed by atoms with Crippen LogP contribution in [0, 0.1) is 0 Å². The average molecular weight is 442 g/mol. The van der Waals surface area contributed by atoms with Crippen molar-refractivity contribution < 1.29 is 9.53 Å². The fourth-order valence-corrected chi connectivity index (χ4v) is 4.67. The van der Waals surface area contributed by atoms with Gasteiger partial charge in [-0.2, -0.15) is 0 Å². The lowest BCUT2D eigenvalue weighted by Gasteiger charge is -2.29. The highest BCUT2D eigenvalue weighted by atomic mass is 35.5. The van der Waals surface area contributed by atoms with E-state index in [-0.39, 0.29) is 11.9 Å². The van der Waals surface area contributed by atoms with E-state index in [0.29, 0.717) is 19.1 Å². The number of nitrogens with zero attached hydrogens (tertiary/aromatic N) is 2. The molecule has 1 saturated heterocycles. The average Bonchev–Trinajstić information content (AvgIpc) is 3.50. The summed E-state index contributed by atoms with van der Waals surface area (Å²) in [5.74, 6) is 0.934. The zero-order valence-corrected chi connectivity index (χ0v) is 19.0. The number of hydrogen-bond donors (Lipinski definition) is 1. The van der Waals surface area contributed by atoms with Crippen molar-refractivity contribution in [2.24, 2.45) is 0 Å². The molecular weight excluding hydrogens is 410 g/mol. The molecule has 1 aliphatic heterocycles. The van der Waals surface area contributed by atoms with Gasteiger partial charge in [-0.3, -0.25) is 14.6 Å². The van der Waals surface area contributed by atoms with E-state index in [2.05, 4.69) is 33.3 Å². The number of methoxy groups -OCH3 is 1. The molecule has 4 rings (SSSR count). The van der Waals surface area contributed by atoms with Crippen molar-refractivity contribution in [1.82, 2.24) is 15.1 Å². The van der Waals surface area contributed by atoms with Crippen LogP contribution in [0.25, 0.3) is 0 Å². The molecule has 1 unspecified atom stereocenters. The van der Waals surface area contributed by atoms with Crippen LogP contribution < -0.4 is 10.1 Å². The Balaban J connectivity index is 1.36. The number of ether oxygens (including phenoxy) is 1. The number of hydrogen-bond acceptors (Lipinski definition) is 4. The third kappa shape index (κ3) is 6.00. The first kappa shape index (κ1) is 22.1. The Morgan fingerprint density at radius 1 is 1.16 bits per heavy atom. The Kier molecular flexibility index (Phi) is 7.49. The van der Waals surface area contributed by atoms with Crippen molar-refractivity contribution in [3.63, 3.8) is 0 Å². The van der Waals surface area contributed by atoms with Crippen molar-refractivity contribution in [2.45, 2.75) is 44.3 Å². The van der Waals surface area contributed by atoms with Crippen LogP contribution in [0.15, 0.2) is 48.5 Å². The second-order valence-corrected chi connectivity index (χ2v) is 8.98. The summed E-state index contributed by atoms with van der Waals surface area (Å²) in [7, 11) is 1.67. The minimum atomic E-state index is 0.0802. The molecular formula is C25H32ClN3O2. The Morgan fingerprint density at radius 2 is 1.87 bits per heavy atom. The molecule has 2 aromatic rings. The minimum Gasteiger partial charge on any atom is -0.497 e. The van der Waals surface area contributed by atoms with E-state index in [1.807, 2.05) is 30.3 Å².